The Bertz CT molecular complexity index is 1110. The second kappa shape index (κ2) is 6.21. The molecule has 0 unspecified atom stereocenters. The maximum absolute atomic E-state index is 14.2. The van der Waals surface area contributed by atoms with E-state index in [2.05, 4.69) is 27.0 Å². The minimum atomic E-state index is -0.540. The molecule has 0 spiro atoms. The zero-order valence-corrected chi connectivity index (χ0v) is 15.3. The highest BCUT2D eigenvalue weighted by Gasteiger charge is 2.23. The minimum absolute atomic E-state index is 0.0218. The maximum atomic E-state index is 14.2. The van der Waals surface area contributed by atoms with Gasteiger partial charge in [-0.3, -0.25) is 15.4 Å². The zero-order valence-electron chi connectivity index (χ0n) is 13.8. The van der Waals surface area contributed by atoms with E-state index < -0.39 is 5.82 Å². The minimum Gasteiger partial charge on any atom is -0.396 e. The summed E-state index contributed by atoms with van der Waals surface area (Å²) in [6, 6.07) is 8.85. The highest BCUT2D eigenvalue weighted by atomic mass is 79.9. The first-order valence-electron chi connectivity index (χ1n) is 8.12. The van der Waals surface area contributed by atoms with Gasteiger partial charge in [-0.05, 0) is 42.7 Å². The fourth-order valence-electron chi connectivity index (χ4n) is 3.39. The maximum Gasteiger partial charge on any atom is 0.229 e. The fourth-order valence-corrected chi connectivity index (χ4v) is 3.74. The van der Waals surface area contributed by atoms with Crippen LogP contribution < -0.4 is 16.3 Å². The molecule has 6 nitrogen and oxygen atoms in total. The molecule has 0 saturated heterocycles. The van der Waals surface area contributed by atoms with E-state index in [-0.39, 0.29) is 11.3 Å². The predicted molar refractivity (Wildman–Crippen MR) is 104 cm³/mol. The number of aryl methyl sites for hydroxylation is 1. The van der Waals surface area contributed by atoms with Gasteiger partial charge in [-0.2, -0.15) is 4.98 Å². The van der Waals surface area contributed by atoms with E-state index in [9.17, 15) is 4.39 Å². The van der Waals surface area contributed by atoms with Gasteiger partial charge in [0.05, 0.1) is 17.5 Å². The number of hydrogen-bond donors (Lipinski definition) is 3. The summed E-state index contributed by atoms with van der Waals surface area (Å²) >= 11 is 3.50. The molecule has 0 fully saturated rings. The van der Waals surface area contributed by atoms with Gasteiger partial charge in [0, 0.05) is 22.1 Å². The van der Waals surface area contributed by atoms with Crippen LogP contribution in [-0.2, 0) is 6.42 Å². The van der Waals surface area contributed by atoms with Crippen molar-refractivity contribution in [3.63, 3.8) is 0 Å². The van der Waals surface area contributed by atoms with E-state index in [1.807, 2.05) is 17.0 Å². The Labute approximate surface area is 157 Å². The topological polar surface area (TPSA) is 94.8 Å². The predicted octanol–water partition coefficient (Wildman–Crippen LogP) is 3.54. The molecule has 2 aromatic carbocycles. The van der Waals surface area contributed by atoms with E-state index in [4.69, 9.17) is 16.6 Å². The Morgan fingerprint density at radius 2 is 2.08 bits per heavy atom. The molecular formula is C18H16BrFN6. The van der Waals surface area contributed by atoms with Crippen LogP contribution in [0.3, 0.4) is 0 Å². The van der Waals surface area contributed by atoms with Crippen molar-refractivity contribution in [3.05, 3.63) is 51.8 Å². The summed E-state index contributed by atoms with van der Waals surface area (Å²) in [4.78, 5) is 6.38. The first-order chi connectivity index (χ1) is 12.5. The Morgan fingerprint density at radius 1 is 1.27 bits per heavy atom. The molecule has 1 aliphatic rings. The van der Waals surface area contributed by atoms with Crippen LogP contribution in [0.5, 0.6) is 0 Å². The molecule has 132 valence electrons. The van der Waals surface area contributed by atoms with Crippen molar-refractivity contribution in [1.82, 2.24) is 9.55 Å². The first-order valence-corrected chi connectivity index (χ1v) is 8.91. The molecule has 1 aliphatic heterocycles. The quantitative estimate of drug-likeness (QED) is 0.340. The van der Waals surface area contributed by atoms with Crippen molar-refractivity contribution in [2.45, 2.75) is 12.8 Å². The number of aromatic nitrogens is 2. The summed E-state index contributed by atoms with van der Waals surface area (Å²) < 4.78 is 16.4. The molecule has 1 aromatic heterocycles. The summed E-state index contributed by atoms with van der Waals surface area (Å²) in [6.07, 6.45) is 2.88. The second-order valence-electron chi connectivity index (χ2n) is 6.18. The lowest BCUT2D eigenvalue weighted by Gasteiger charge is -2.31. The van der Waals surface area contributed by atoms with Gasteiger partial charge in [0.15, 0.2) is 0 Å². The van der Waals surface area contributed by atoms with Crippen LogP contribution in [0.15, 0.2) is 34.8 Å². The van der Waals surface area contributed by atoms with Crippen LogP contribution in [0.2, 0.25) is 0 Å². The average Bonchev–Trinajstić information content (AvgIpc) is 2.62. The van der Waals surface area contributed by atoms with Crippen molar-refractivity contribution < 1.29 is 4.39 Å². The molecule has 0 aliphatic carbocycles. The zero-order chi connectivity index (χ0) is 18.4. The third-order valence-corrected chi connectivity index (χ3v) is 5.10. The van der Waals surface area contributed by atoms with E-state index in [1.165, 1.54) is 22.3 Å². The van der Waals surface area contributed by atoms with E-state index in [0.29, 0.717) is 23.3 Å². The van der Waals surface area contributed by atoms with Crippen LogP contribution in [0.25, 0.3) is 10.9 Å². The van der Waals surface area contributed by atoms with Crippen molar-refractivity contribution in [3.8, 4) is 0 Å². The molecular weight excluding hydrogens is 399 g/mol. The fraction of sp³-hybridized carbons (Fsp3) is 0.167. The third kappa shape index (κ3) is 2.57. The van der Waals surface area contributed by atoms with Crippen molar-refractivity contribution in [2.24, 2.45) is 0 Å². The summed E-state index contributed by atoms with van der Waals surface area (Å²) in [5.74, 6) is -0.0395. The lowest BCUT2D eigenvalue weighted by Crippen LogP contribution is -2.31. The van der Waals surface area contributed by atoms with Crippen LogP contribution in [0.1, 0.15) is 12.0 Å². The number of nitrogens with one attached hydrogen (secondary N) is 2. The van der Waals surface area contributed by atoms with Gasteiger partial charge in [0.2, 0.25) is 5.62 Å². The molecule has 4 N–H and O–H groups in total. The van der Waals surface area contributed by atoms with Gasteiger partial charge in [0.1, 0.15) is 11.6 Å². The van der Waals surface area contributed by atoms with Gasteiger partial charge in [-0.1, -0.05) is 22.0 Å². The van der Waals surface area contributed by atoms with Gasteiger partial charge < -0.3 is 10.6 Å². The largest absolute Gasteiger partial charge is 0.396 e. The first kappa shape index (κ1) is 16.7. The molecule has 2 heterocycles. The van der Waals surface area contributed by atoms with Crippen LogP contribution in [-0.4, -0.2) is 22.4 Å². The molecule has 26 heavy (non-hydrogen) atoms. The highest BCUT2D eigenvalue weighted by molar-refractivity contribution is 9.10. The van der Waals surface area contributed by atoms with Crippen molar-refractivity contribution in [2.75, 3.05) is 17.2 Å². The van der Waals surface area contributed by atoms with E-state index in [0.717, 1.165) is 29.3 Å². The molecule has 3 aromatic rings. The number of fused-ring (bicyclic) bond motifs is 2. The number of nitrogens with zero attached hydrogens (tertiary/aromatic N) is 3. The Balaban J connectivity index is 2.05. The Kier molecular flexibility index (Phi) is 3.99. The Morgan fingerprint density at radius 3 is 2.85 bits per heavy atom. The molecule has 8 heteroatoms. The van der Waals surface area contributed by atoms with Crippen LogP contribution in [0, 0.1) is 16.6 Å². The number of rotatable bonds is 2. The number of anilines is 3. The van der Waals surface area contributed by atoms with Gasteiger partial charge in [0.25, 0.3) is 0 Å². The normalized spacial score (nSPS) is 13.7. The molecule has 0 bridgehead atoms. The van der Waals surface area contributed by atoms with Crippen LogP contribution in [0.4, 0.5) is 21.6 Å². The summed E-state index contributed by atoms with van der Waals surface area (Å²) in [5, 5.41) is 16.3. The van der Waals surface area contributed by atoms with E-state index >= 15 is 0 Å². The number of halogens is 2. The number of hydrogen-bond acceptors (Lipinski definition) is 5. The van der Waals surface area contributed by atoms with Crippen molar-refractivity contribution in [1.29, 1.82) is 10.8 Å². The summed E-state index contributed by atoms with van der Waals surface area (Å²) in [6.45, 7) is 0.714. The van der Waals surface area contributed by atoms with Gasteiger partial charge >= 0.3 is 0 Å². The van der Waals surface area contributed by atoms with Gasteiger partial charge in [-0.25, -0.2) is 4.39 Å². The smallest absolute Gasteiger partial charge is 0.229 e. The highest BCUT2D eigenvalue weighted by Crippen LogP contribution is 2.37. The molecule has 0 radical (unpaired) electrons. The van der Waals surface area contributed by atoms with E-state index in [1.54, 1.807) is 0 Å². The lowest BCUT2D eigenvalue weighted by atomic mass is 10.0. The second-order valence-corrected chi connectivity index (χ2v) is 7.09. The average molecular weight is 415 g/mol. The summed E-state index contributed by atoms with van der Waals surface area (Å²) in [7, 11) is 0. The molecule has 0 saturated carbocycles. The lowest BCUT2D eigenvalue weighted by molar-refractivity contribution is 0.634. The molecule has 4 rings (SSSR count). The van der Waals surface area contributed by atoms with Crippen LogP contribution >= 0.6 is 15.9 Å². The Hall–Kier alpha value is -2.74. The SMILES string of the molecule is N=Cn1c(=N)nc(N2CCCc3ccc(Br)cc32)c2cc(F)c(N)cc21. The molecule has 0 atom stereocenters. The van der Waals surface area contributed by atoms with Crippen molar-refractivity contribution >= 4 is 50.4 Å². The monoisotopic (exact) mass is 414 g/mol. The van der Waals surface area contributed by atoms with Gasteiger partial charge in [-0.15, -0.1) is 0 Å². The summed E-state index contributed by atoms with van der Waals surface area (Å²) in [5.41, 5.74) is 8.25. The third-order valence-electron chi connectivity index (χ3n) is 4.61. The standard InChI is InChI=1S/C18H16BrFN6/c19-11-4-3-10-2-1-5-25(15(10)6-11)17-12-7-13(20)14(22)8-16(12)26(9-21)18(23)24-17/h3-4,6-9,21,23H,1-2,5,22H2. The molecule has 0 amide bonds. The number of nitrogen functional groups attached to an aromatic ring is 1. The number of benzene rings is 2. The number of nitrogens with two attached hydrogens (primary N) is 1.